The predicted molar refractivity (Wildman–Crippen MR) is 52.4 cm³/mol. The molecule has 0 aliphatic heterocycles. The highest BCUT2D eigenvalue weighted by Gasteiger charge is 2.17. The minimum atomic E-state index is -1.01. The zero-order valence-corrected chi connectivity index (χ0v) is 8.67. The summed E-state index contributed by atoms with van der Waals surface area (Å²) in [6.45, 7) is 3.49. The van der Waals surface area contributed by atoms with Gasteiger partial charge >= 0.3 is 0 Å². The lowest BCUT2D eigenvalue weighted by Crippen LogP contribution is -2.15. The van der Waals surface area contributed by atoms with Crippen LogP contribution < -0.4 is 0 Å². The molecule has 1 aromatic carbocycles. The molecule has 0 bridgehead atoms. The fourth-order valence-electron chi connectivity index (χ4n) is 1.20. The summed E-state index contributed by atoms with van der Waals surface area (Å²) < 4.78 is 18.2. The van der Waals surface area contributed by atoms with Crippen LogP contribution in [0.1, 0.15) is 25.0 Å². The highest BCUT2D eigenvalue weighted by molar-refractivity contribution is 5.27. The molecular weight excluding hydrogens is 183 g/mol. The molecule has 0 saturated carbocycles. The van der Waals surface area contributed by atoms with Crippen LogP contribution in [0.15, 0.2) is 18.2 Å². The number of rotatable bonds is 3. The van der Waals surface area contributed by atoms with Gasteiger partial charge in [-0.25, -0.2) is 4.39 Å². The van der Waals surface area contributed by atoms with Gasteiger partial charge in [0, 0.05) is 12.7 Å². The Bertz CT molecular complexity index is 316. The van der Waals surface area contributed by atoms with E-state index in [1.807, 2.05) is 0 Å². The van der Waals surface area contributed by atoms with E-state index in [9.17, 15) is 9.50 Å². The van der Waals surface area contributed by atoms with E-state index < -0.39 is 5.60 Å². The third kappa shape index (κ3) is 2.53. The maximum Gasteiger partial charge on any atom is 0.129 e. The van der Waals surface area contributed by atoms with Crippen molar-refractivity contribution in [3.8, 4) is 0 Å². The molecule has 0 fully saturated rings. The van der Waals surface area contributed by atoms with E-state index in [4.69, 9.17) is 4.74 Å². The van der Waals surface area contributed by atoms with E-state index in [0.717, 1.165) is 0 Å². The minimum Gasteiger partial charge on any atom is -0.386 e. The van der Waals surface area contributed by atoms with E-state index in [1.54, 1.807) is 26.0 Å². The fraction of sp³-hybridized carbons (Fsp3) is 0.455. The molecule has 2 nitrogen and oxygen atoms in total. The molecule has 0 saturated heterocycles. The summed E-state index contributed by atoms with van der Waals surface area (Å²) >= 11 is 0. The number of benzene rings is 1. The van der Waals surface area contributed by atoms with Gasteiger partial charge in [-0.15, -0.1) is 0 Å². The molecule has 0 aromatic heterocycles. The average molecular weight is 198 g/mol. The maximum atomic E-state index is 13.4. The van der Waals surface area contributed by atoms with Crippen molar-refractivity contribution in [3.05, 3.63) is 35.1 Å². The molecule has 3 heteroatoms. The maximum absolute atomic E-state index is 13.4. The van der Waals surface area contributed by atoms with E-state index >= 15 is 0 Å². The van der Waals surface area contributed by atoms with Gasteiger partial charge in [-0.1, -0.05) is 12.1 Å². The molecule has 1 N–H and O–H groups in total. The zero-order valence-electron chi connectivity index (χ0n) is 8.67. The third-order valence-corrected chi connectivity index (χ3v) is 2.06. The standard InChI is InChI=1S/C11H15FO2/c1-11(2,13)9-5-4-8(7-14-3)10(12)6-9/h4-6,13H,7H2,1-3H3. The smallest absolute Gasteiger partial charge is 0.129 e. The molecule has 78 valence electrons. The molecule has 0 heterocycles. The first kappa shape index (κ1) is 11.1. The Morgan fingerprint density at radius 1 is 1.43 bits per heavy atom. The van der Waals surface area contributed by atoms with Gasteiger partial charge in [0.15, 0.2) is 0 Å². The lowest BCUT2D eigenvalue weighted by molar-refractivity contribution is 0.0781. The van der Waals surface area contributed by atoms with Crippen molar-refractivity contribution >= 4 is 0 Å². The van der Waals surface area contributed by atoms with Gasteiger partial charge in [-0.3, -0.25) is 0 Å². The second-order valence-electron chi connectivity index (χ2n) is 3.80. The van der Waals surface area contributed by atoms with Crippen LogP contribution in [0.2, 0.25) is 0 Å². The lowest BCUT2D eigenvalue weighted by Gasteiger charge is -2.18. The van der Waals surface area contributed by atoms with Crippen LogP contribution in [-0.2, 0) is 16.9 Å². The number of methoxy groups -OCH3 is 1. The van der Waals surface area contributed by atoms with Gasteiger partial charge in [0.1, 0.15) is 5.82 Å². The first-order valence-corrected chi connectivity index (χ1v) is 4.45. The Labute approximate surface area is 83.3 Å². The molecule has 0 unspecified atom stereocenters. The van der Waals surface area contributed by atoms with Crippen molar-refractivity contribution in [2.75, 3.05) is 7.11 Å². The van der Waals surface area contributed by atoms with E-state index in [1.165, 1.54) is 13.2 Å². The Morgan fingerprint density at radius 2 is 2.07 bits per heavy atom. The molecule has 0 atom stereocenters. The van der Waals surface area contributed by atoms with E-state index in [0.29, 0.717) is 11.1 Å². The minimum absolute atomic E-state index is 0.248. The van der Waals surface area contributed by atoms with Gasteiger partial charge in [0.05, 0.1) is 12.2 Å². The highest BCUT2D eigenvalue weighted by atomic mass is 19.1. The van der Waals surface area contributed by atoms with Crippen molar-refractivity contribution < 1.29 is 14.2 Å². The van der Waals surface area contributed by atoms with Crippen LogP contribution in [0.5, 0.6) is 0 Å². The lowest BCUT2D eigenvalue weighted by atomic mass is 9.97. The van der Waals surface area contributed by atoms with Crippen LogP contribution >= 0.6 is 0 Å². The fourth-order valence-corrected chi connectivity index (χ4v) is 1.20. The number of aliphatic hydroxyl groups is 1. The summed E-state index contributed by atoms with van der Waals surface area (Å²) in [5.74, 6) is -0.341. The van der Waals surface area contributed by atoms with Crippen LogP contribution in [0.3, 0.4) is 0 Å². The molecule has 1 rings (SSSR count). The quantitative estimate of drug-likeness (QED) is 0.806. The Hall–Kier alpha value is -0.930. The first-order valence-electron chi connectivity index (χ1n) is 4.45. The predicted octanol–water partition coefficient (Wildman–Crippen LogP) is 2.20. The summed E-state index contributed by atoms with van der Waals surface area (Å²) in [6, 6.07) is 4.68. The molecule has 14 heavy (non-hydrogen) atoms. The summed E-state index contributed by atoms with van der Waals surface area (Å²) in [7, 11) is 1.52. The van der Waals surface area contributed by atoms with Crippen LogP contribution in [0.4, 0.5) is 4.39 Å². The van der Waals surface area contributed by atoms with Gasteiger partial charge in [0.2, 0.25) is 0 Å². The highest BCUT2D eigenvalue weighted by Crippen LogP contribution is 2.22. The van der Waals surface area contributed by atoms with Gasteiger partial charge in [-0.2, -0.15) is 0 Å². The Morgan fingerprint density at radius 3 is 2.50 bits per heavy atom. The van der Waals surface area contributed by atoms with Gasteiger partial charge < -0.3 is 9.84 Å². The largest absolute Gasteiger partial charge is 0.386 e. The molecule has 1 aromatic rings. The molecule has 0 aliphatic carbocycles. The summed E-state index contributed by atoms with van der Waals surface area (Å²) in [5, 5.41) is 9.64. The number of hydrogen-bond acceptors (Lipinski definition) is 2. The monoisotopic (exact) mass is 198 g/mol. The van der Waals surface area contributed by atoms with Crippen molar-refractivity contribution in [2.45, 2.75) is 26.1 Å². The second kappa shape index (κ2) is 4.07. The number of hydrogen-bond donors (Lipinski definition) is 1. The van der Waals surface area contributed by atoms with Crippen molar-refractivity contribution in [1.82, 2.24) is 0 Å². The molecule has 0 amide bonds. The van der Waals surface area contributed by atoms with E-state index in [-0.39, 0.29) is 12.4 Å². The van der Waals surface area contributed by atoms with Crippen molar-refractivity contribution in [1.29, 1.82) is 0 Å². The SMILES string of the molecule is COCc1ccc(C(C)(C)O)cc1F. The number of ether oxygens (including phenoxy) is 1. The second-order valence-corrected chi connectivity index (χ2v) is 3.80. The third-order valence-electron chi connectivity index (χ3n) is 2.06. The Balaban J connectivity index is 3.01. The summed E-state index contributed by atoms with van der Waals surface area (Å²) in [6.07, 6.45) is 0. The molecular formula is C11H15FO2. The van der Waals surface area contributed by atoms with Gasteiger partial charge in [0.25, 0.3) is 0 Å². The molecule has 0 spiro atoms. The van der Waals surface area contributed by atoms with Crippen LogP contribution in [0, 0.1) is 5.82 Å². The Kier molecular flexibility index (Phi) is 3.24. The van der Waals surface area contributed by atoms with E-state index in [2.05, 4.69) is 0 Å². The zero-order chi connectivity index (χ0) is 10.8. The van der Waals surface area contributed by atoms with Crippen molar-refractivity contribution in [3.63, 3.8) is 0 Å². The van der Waals surface area contributed by atoms with Crippen LogP contribution in [0.25, 0.3) is 0 Å². The van der Waals surface area contributed by atoms with Gasteiger partial charge in [-0.05, 0) is 25.5 Å². The van der Waals surface area contributed by atoms with Crippen LogP contribution in [-0.4, -0.2) is 12.2 Å². The normalized spacial score (nSPS) is 11.8. The topological polar surface area (TPSA) is 29.5 Å². The summed E-state index contributed by atoms with van der Waals surface area (Å²) in [4.78, 5) is 0. The molecule has 0 aliphatic rings. The number of halogens is 1. The van der Waals surface area contributed by atoms with Crippen molar-refractivity contribution in [2.24, 2.45) is 0 Å². The first-order chi connectivity index (χ1) is 6.45. The average Bonchev–Trinajstić information content (AvgIpc) is 2.07. The summed E-state index contributed by atoms with van der Waals surface area (Å²) in [5.41, 5.74) is 0.0576. The molecule has 0 radical (unpaired) electrons.